The number of rotatable bonds is 4. The van der Waals surface area contributed by atoms with Gasteiger partial charge in [0.1, 0.15) is 0 Å². The number of hydrogen-bond donors (Lipinski definition) is 1. The van der Waals surface area contributed by atoms with Crippen molar-refractivity contribution in [2.45, 2.75) is 31.4 Å². The summed E-state index contributed by atoms with van der Waals surface area (Å²) in [5.41, 5.74) is -0.153. The molecule has 2 rings (SSSR count). The molecule has 1 aromatic rings. The molecule has 1 aliphatic heterocycles. The Balaban J connectivity index is 1.97. The SMILES string of the molecule is OCCC1COC(Cc2cccc(C(F)(F)F)c2)O1. The van der Waals surface area contributed by atoms with Crippen LogP contribution in [0.25, 0.3) is 0 Å². The highest BCUT2D eigenvalue weighted by molar-refractivity contribution is 5.26. The number of aliphatic hydroxyl groups is 1. The van der Waals surface area contributed by atoms with Gasteiger partial charge in [0.2, 0.25) is 0 Å². The summed E-state index contributed by atoms with van der Waals surface area (Å²) in [7, 11) is 0. The van der Waals surface area contributed by atoms with Gasteiger partial charge >= 0.3 is 6.18 Å². The minimum absolute atomic E-state index is 0.00427. The molecule has 0 spiro atoms. The summed E-state index contributed by atoms with van der Waals surface area (Å²) < 4.78 is 48.5. The van der Waals surface area contributed by atoms with Gasteiger partial charge in [-0.1, -0.05) is 18.2 Å². The lowest BCUT2D eigenvalue weighted by Gasteiger charge is -2.12. The first-order valence-electron chi connectivity index (χ1n) is 6.03. The van der Waals surface area contributed by atoms with E-state index in [9.17, 15) is 13.2 Å². The Kier molecular flexibility index (Phi) is 4.44. The molecule has 2 atom stereocenters. The number of ether oxygens (including phenoxy) is 2. The second kappa shape index (κ2) is 5.90. The van der Waals surface area contributed by atoms with Crippen LogP contribution in [0.5, 0.6) is 0 Å². The Labute approximate surface area is 108 Å². The van der Waals surface area contributed by atoms with Gasteiger partial charge in [-0.3, -0.25) is 0 Å². The van der Waals surface area contributed by atoms with Crippen LogP contribution in [0, 0.1) is 0 Å². The van der Waals surface area contributed by atoms with Crippen molar-refractivity contribution in [3.05, 3.63) is 35.4 Å². The van der Waals surface area contributed by atoms with Crippen LogP contribution in [-0.4, -0.2) is 30.7 Å². The molecular weight excluding hydrogens is 261 g/mol. The van der Waals surface area contributed by atoms with E-state index in [2.05, 4.69) is 0 Å². The largest absolute Gasteiger partial charge is 0.416 e. The summed E-state index contributed by atoms with van der Waals surface area (Å²) >= 11 is 0. The Morgan fingerprint density at radius 3 is 2.79 bits per heavy atom. The first-order valence-corrected chi connectivity index (χ1v) is 6.03. The number of benzene rings is 1. The Morgan fingerprint density at radius 2 is 2.11 bits per heavy atom. The topological polar surface area (TPSA) is 38.7 Å². The second-order valence-corrected chi connectivity index (χ2v) is 4.44. The Bertz CT molecular complexity index is 420. The Morgan fingerprint density at radius 1 is 1.32 bits per heavy atom. The standard InChI is InChI=1S/C13H15F3O3/c14-13(15,16)10-3-1-2-9(6-10)7-12-18-8-11(19-12)4-5-17/h1-3,6,11-12,17H,4-5,7-8H2. The van der Waals surface area contributed by atoms with Crippen LogP contribution in [0.4, 0.5) is 13.2 Å². The molecule has 1 aliphatic rings. The van der Waals surface area contributed by atoms with E-state index in [1.54, 1.807) is 6.07 Å². The molecule has 1 heterocycles. The molecular formula is C13H15F3O3. The first-order chi connectivity index (χ1) is 8.99. The van der Waals surface area contributed by atoms with Crippen LogP contribution in [0.3, 0.4) is 0 Å². The third kappa shape index (κ3) is 3.92. The molecule has 0 bridgehead atoms. The predicted octanol–water partition coefficient (Wildman–Crippen LogP) is 2.37. The average Bonchev–Trinajstić information content (AvgIpc) is 2.76. The summed E-state index contributed by atoms with van der Waals surface area (Å²) in [5.74, 6) is 0. The zero-order valence-electron chi connectivity index (χ0n) is 10.2. The number of halogens is 3. The molecule has 1 saturated heterocycles. The highest BCUT2D eigenvalue weighted by Gasteiger charge is 2.31. The van der Waals surface area contributed by atoms with Gasteiger partial charge in [-0.05, 0) is 18.1 Å². The molecule has 1 fully saturated rings. The quantitative estimate of drug-likeness (QED) is 0.917. The highest BCUT2D eigenvalue weighted by atomic mass is 19.4. The van der Waals surface area contributed by atoms with Crippen molar-refractivity contribution in [2.75, 3.05) is 13.2 Å². The van der Waals surface area contributed by atoms with Crippen LogP contribution >= 0.6 is 0 Å². The molecule has 0 saturated carbocycles. The van der Waals surface area contributed by atoms with E-state index in [1.165, 1.54) is 6.07 Å². The van der Waals surface area contributed by atoms with Crippen molar-refractivity contribution in [1.29, 1.82) is 0 Å². The zero-order valence-corrected chi connectivity index (χ0v) is 10.2. The van der Waals surface area contributed by atoms with E-state index in [-0.39, 0.29) is 19.1 Å². The van der Waals surface area contributed by atoms with Crippen molar-refractivity contribution in [3.8, 4) is 0 Å². The molecule has 0 amide bonds. The van der Waals surface area contributed by atoms with Gasteiger partial charge in [0.05, 0.1) is 18.3 Å². The minimum atomic E-state index is -4.34. The molecule has 1 aromatic carbocycles. The van der Waals surface area contributed by atoms with Crippen molar-refractivity contribution in [3.63, 3.8) is 0 Å². The highest BCUT2D eigenvalue weighted by Crippen LogP contribution is 2.30. The summed E-state index contributed by atoms with van der Waals surface area (Å²) in [4.78, 5) is 0. The monoisotopic (exact) mass is 276 g/mol. The van der Waals surface area contributed by atoms with Gasteiger partial charge in [-0.15, -0.1) is 0 Å². The summed E-state index contributed by atoms with van der Waals surface area (Å²) in [6.45, 7) is 0.370. The third-order valence-electron chi connectivity index (χ3n) is 2.92. The molecule has 0 aromatic heterocycles. The molecule has 106 valence electrons. The van der Waals surface area contributed by atoms with Gasteiger partial charge in [-0.25, -0.2) is 0 Å². The normalized spacial score (nSPS) is 23.8. The first kappa shape index (κ1) is 14.3. The molecule has 2 unspecified atom stereocenters. The van der Waals surface area contributed by atoms with E-state index in [0.717, 1.165) is 12.1 Å². The van der Waals surface area contributed by atoms with Gasteiger partial charge < -0.3 is 14.6 Å². The van der Waals surface area contributed by atoms with Gasteiger partial charge in [0, 0.05) is 13.0 Å². The van der Waals surface area contributed by atoms with Crippen LogP contribution in [0.15, 0.2) is 24.3 Å². The summed E-state index contributed by atoms with van der Waals surface area (Å²) in [5, 5.41) is 8.77. The molecule has 19 heavy (non-hydrogen) atoms. The maximum Gasteiger partial charge on any atom is 0.416 e. The van der Waals surface area contributed by atoms with Crippen molar-refractivity contribution < 1.29 is 27.8 Å². The maximum atomic E-state index is 12.6. The van der Waals surface area contributed by atoms with Crippen LogP contribution in [0.1, 0.15) is 17.5 Å². The van der Waals surface area contributed by atoms with Crippen molar-refractivity contribution >= 4 is 0 Å². The molecule has 6 heteroatoms. The van der Waals surface area contributed by atoms with E-state index in [4.69, 9.17) is 14.6 Å². The van der Waals surface area contributed by atoms with Crippen LogP contribution in [-0.2, 0) is 22.1 Å². The molecule has 0 radical (unpaired) electrons. The van der Waals surface area contributed by atoms with Crippen molar-refractivity contribution in [1.82, 2.24) is 0 Å². The van der Waals surface area contributed by atoms with E-state index < -0.39 is 18.0 Å². The molecule has 3 nitrogen and oxygen atoms in total. The van der Waals surface area contributed by atoms with Crippen molar-refractivity contribution in [2.24, 2.45) is 0 Å². The van der Waals surface area contributed by atoms with E-state index in [0.29, 0.717) is 18.6 Å². The number of aliphatic hydroxyl groups excluding tert-OH is 1. The smallest absolute Gasteiger partial charge is 0.396 e. The maximum absolute atomic E-state index is 12.6. The minimum Gasteiger partial charge on any atom is -0.396 e. The van der Waals surface area contributed by atoms with E-state index in [1.807, 2.05) is 0 Å². The lowest BCUT2D eigenvalue weighted by Crippen LogP contribution is -2.16. The van der Waals surface area contributed by atoms with Crippen LogP contribution < -0.4 is 0 Å². The van der Waals surface area contributed by atoms with Gasteiger partial charge in [0.15, 0.2) is 6.29 Å². The lowest BCUT2D eigenvalue weighted by atomic mass is 10.1. The Hall–Kier alpha value is -1.11. The lowest BCUT2D eigenvalue weighted by molar-refractivity contribution is -0.137. The molecule has 0 aliphatic carbocycles. The van der Waals surface area contributed by atoms with Gasteiger partial charge in [-0.2, -0.15) is 13.2 Å². The fourth-order valence-electron chi connectivity index (χ4n) is 1.98. The predicted molar refractivity (Wildman–Crippen MR) is 61.5 cm³/mol. The zero-order chi connectivity index (χ0) is 13.9. The average molecular weight is 276 g/mol. The summed E-state index contributed by atoms with van der Waals surface area (Å²) in [6, 6.07) is 5.13. The van der Waals surface area contributed by atoms with E-state index >= 15 is 0 Å². The fraction of sp³-hybridized carbons (Fsp3) is 0.538. The van der Waals surface area contributed by atoms with Gasteiger partial charge in [0.25, 0.3) is 0 Å². The number of alkyl halides is 3. The molecule has 1 N–H and O–H groups in total. The fourth-order valence-corrected chi connectivity index (χ4v) is 1.98. The third-order valence-corrected chi connectivity index (χ3v) is 2.92. The second-order valence-electron chi connectivity index (χ2n) is 4.44. The number of hydrogen-bond acceptors (Lipinski definition) is 3. The summed E-state index contributed by atoms with van der Waals surface area (Å²) in [6.07, 6.45) is -4.32. The van der Waals surface area contributed by atoms with Crippen LogP contribution in [0.2, 0.25) is 0 Å².